The highest BCUT2D eigenvalue weighted by molar-refractivity contribution is 6.04. The number of amides is 2. The molecule has 0 aliphatic rings. The number of carbonyl (C=O) groups is 2. The molecule has 0 bridgehead atoms. The number of rotatable bonds is 3. The highest BCUT2D eigenvalue weighted by atomic mass is 19.1. The van der Waals surface area contributed by atoms with Crippen molar-refractivity contribution in [3.8, 4) is 0 Å². The van der Waals surface area contributed by atoms with E-state index in [0.29, 0.717) is 5.65 Å². The van der Waals surface area contributed by atoms with Gasteiger partial charge < -0.3 is 11.1 Å². The minimum atomic E-state index is -0.703. The minimum absolute atomic E-state index is 0.106. The van der Waals surface area contributed by atoms with Gasteiger partial charge in [-0.1, -0.05) is 6.07 Å². The van der Waals surface area contributed by atoms with E-state index in [1.54, 1.807) is 28.8 Å². The summed E-state index contributed by atoms with van der Waals surface area (Å²) < 4.78 is 15.3. The zero-order chi connectivity index (χ0) is 15.7. The molecule has 3 N–H and O–H groups in total. The van der Waals surface area contributed by atoms with Crippen LogP contribution < -0.4 is 11.1 Å². The molecule has 22 heavy (non-hydrogen) atoms. The van der Waals surface area contributed by atoms with Gasteiger partial charge in [-0.25, -0.2) is 9.37 Å². The van der Waals surface area contributed by atoms with Crippen LogP contribution in [0.1, 0.15) is 20.8 Å². The van der Waals surface area contributed by atoms with Gasteiger partial charge in [0.1, 0.15) is 17.2 Å². The Hall–Kier alpha value is -3.22. The summed E-state index contributed by atoms with van der Waals surface area (Å²) in [6.07, 6.45) is 3.06. The number of nitrogens with one attached hydrogen (secondary N) is 1. The third-order valence-electron chi connectivity index (χ3n) is 3.15. The summed E-state index contributed by atoms with van der Waals surface area (Å²) in [7, 11) is 0. The smallest absolute Gasteiger partial charge is 0.274 e. The van der Waals surface area contributed by atoms with E-state index in [1.807, 2.05) is 0 Å². The molecule has 2 aromatic heterocycles. The zero-order valence-electron chi connectivity index (χ0n) is 11.3. The van der Waals surface area contributed by atoms with E-state index in [-0.39, 0.29) is 16.9 Å². The molecule has 0 unspecified atom stereocenters. The van der Waals surface area contributed by atoms with Crippen LogP contribution in [0.25, 0.3) is 5.65 Å². The van der Waals surface area contributed by atoms with Crippen molar-refractivity contribution in [2.45, 2.75) is 0 Å². The predicted octanol–water partition coefficient (Wildman–Crippen LogP) is 1.82. The number of fused-ring (bicyclic) bond motifs is 1. The Labute approximate surface area is 124 Å². The van der Waals surface area contributed by atoms with E-state index >= 15 is 0 Å². The van der Waals surface area contributed by atoms with Crippen LogP contribution in [0.15, 0.2) is 48.8 Å². The lowest BCUT2D eigenvalue weighted by molar-refractivity contribution is 0.0995. The largest absolute Gasteiger partial charge is 0.366 e. The van der Waals surface area contributed by atoms with Gasteiger partial charge in [-0.15, -0.1) is 0 Å². The average Bonchev–Trinajstić information content (AvgIpc) is 2.93. The number of primary amides is 1. The molecular formula is C15H11FN4O2. The maximum atomic E-state index is 13.8. The van der Waals surface area contributed by atoms with E-state index in [4.69, 9.17) is 5.73 Å². The number of benzene rings is 1. The Morgan fingerprint density at radius 1 is 1.23 bits per heavy atom. The topological polar surface area (TPSA) is 89.5 Å². The first-order chi connectivity index (χ1) is 10.6. The fourth-order valence-electron chi connectivity index (χ4n) is 2.06. The summed E-state index contributed by atoms with van der Waals surface area (Å²) >= 11 is 0. The molecule has 0 spiro atoms. The van der Waals surface area contributed by atoms with E-state index in [0.717, 1.165) is 6.07 Å². The van der Waals surface area contributed by atoms with Gasteiger partial charge >= 0.3 is 0 Å². The van der Waals surface area contributed by atoms with Crippen molar-refractivity contribution in [1.82, 2.24) is 9.38 Å². The number of anilines is 1. The molecule has 0 atom stereocenters. The number of aromatic nitrogens is 2. The van der Waals surface area contributed by atoms with Crippen molar-refractivity contribution >= 4 is 23.1 Å². The van der Waals surface area contributed by atoms with Crippen molar-refractivity contribution in [2.24, 2.45) is 5.73 Å². The zero-order valence-corrected chi connectivity index (χ0v) is 11.3. The second kappa shape index (κ2) is 5.28. The van der Waals surface area contributed by atoms with Crippen LogP contribution in [0.3, 0.4) is 0 Å². The minimum Gasteiger partial charge on any atom is -0.366 e. The van der Waals surface area contributed by atoms with Gasteiger partial charge in [0.05, 0.1) is 11.9 Å². The Morgan fingerprint density at radius 2 is 2.05 bits per heavy atom. The highest BCUT2D eigenvalue weighted by Gasteiger charge is 2.15. The van der Waals surface area contributed by atoms with Crippen molar-refractivity contribution in [3.63, 3.8) is 0 Å². The summed E-state index contributed by atoms with van der Waals surface area (Å²) in [5, 5.41) is 2.42. The van der Waals surface area contributed by atoms with Crippen molar-refractivity contribution in [1.29, 1.82) is 0 Å². The molecule has 6 nitrogen and oxygen atoms in total. The van der Waals surface area contributed by atoms with Gasteiger partial charge in [-0.3, -0.25) is 14.0 Å². The fourth-order valence-corrected chi connectivity index (χ4v) is 2.06. The molecule has 0 aliphatic heterocycles. The average molecular weight is 298 g/mol. The quantitative estimate of drug-likeness (QED) is 0.773. The Kier molecular flexibility index (Phi) is 3.30. The Morgan fingerprint density at radius 3 is 2.82 bits per heavy atom. The molecule has 7 heteroatoms. The molecule has 0 saturated carbocycles. The molecular weight excluding hydrogens is 287 g/mol. The van der Waals surface area contributed by atoms with Gasteiger partial charge in [0, 0.05) is 11.8 Å². The third kappa shape index (κ3) is 2.39. The van der Waals surface area contributed by atoms with E-state index in [2.05, 4.69) is 10.3 Å². The Bertz CT molecular complexity index is 888. The van der Waals surface area contributed by atoms with Gasteiger partial charge in [-0.2, -0.15) is 0 Å². The number of imidazole rings is 1. The van der Waals surface area contributed by atoms with Gasteiger partial charge in [0.2, 0.25) is 5.91 Å². The molecule has 3 aromatic rings. The molecule has 0 fully saturated rings. The van der Waals surface area contributed by atoms with E-state index in [9.17, 15) is 14.0 Å². The van der Waals surface area contributed by atoms with Crippen molar-refractivity contribution in [3.05, 3.63) is 65.9 Å². The van der Waals surface area contributed by atoms with Crippen LogP contribution in [0, 0.1) is 5.82 Å². The molecule has 0 saturated heterocycles. The number of nitrogens with zero attached hydrogens (tertiary/aromatic N) is 2. The molecule has 2 heterocycles. The number of halogens is 1. The predicted molar refractivity (Wildman–Crippen MR) is 78.1 cm³/mol. The molecule has 2 amide bonds. The first-order valence-electron chi connectivity index (χ1n) is 6.39. The Balaban J connectivity index is 1.94. The van der Waals surface area contributed by atoms with Gasteiger partial charge in [-0.05, 0) is 30.3 Å². The van der Waals surface area contributed by atoms with Crippen LogP contribution in [-0.4, -0.2) is 21.2 Å². The van der Waals surface area contributed by atoms with E-state index in [1.165, 1.54) is 18.3 Å². The van der Waals surface area contributed by atoms with Crippen LogP contribution in [0.5, 0.6) is 0 Å². The maximum Gasteiger partial charge on any atom is 0.274 e. The third-order valence-corrected chi connectivity index (χ3v) is 3.15. The van der Waals surface area contributed by atoms with Crippen LogP contribution in [0.2, 0.25) is 0 Å². The molecule has 110 valence electrons. The van der Waals surface area contributed by atoms with Crippen LogP contribution >= 0.6 is 0 Å². The van der Waals surface area contributed by atoms with E-state index < -0.39 is 17.6 Å². The van der Waals surface area contributed by atoms with Crippen molar-refractivity contribution < 1.29 is 14.0 Å². The molecule has 0 aliphatic carbocycles. The van der Waals surface area contributed by atoms with Crippen LogP contribution in [-0.2, 0) is 0 Å². The van der Waals surface area contributed by atoms with Gasteiger partial charge in [0.25, 0.3) is 5.91 Å². The second-order valence-electron chi connectivity index (χ2n) is 4.59. The standard InChI is InChI=1S/C15H11FN4O2/c16-10-5-4-9(14(17)21)7-11(10)19-15(22)12-8-18-13-3-1-2-6-20(12)13/h1-8H,(H2,17,21)(H,19,22). The maximum absolute atomic E-state index is 13.8. The number of pyridine rings is 1. The normalized spacial score (nSPS) is 10.6. The summed E-state index contributed by atoms with van der Waals surface area (Å²) in [6.45, 7) is 0. The lowest BCUT2D eigenvalue weighted by Gasteiger charge is -2.07. The second-order valence-corrected chi connectivity index (χ2v) is 4.59. The lowest BCUT2D eigenvalue weighted by atomic mass is 10.2. The number of hydrogen-bond acceptors (Lipinski definition) is 3. The lowest BCUT2D eigenvalue weighted by Crippen LogP contribution is -2.17. The summed E-state index contributed by atoms with van der Waals surface area (Å²) in [5.74, 6) is -1.91. The first-order valence-corrected chi connectivity index (χ1v) is 6.39. The first kappa shape index (κ1) is 13.7. The number of carbonyl (C=O) groups excluding carboxylic acids is 2. The summed E-state index contributed by atoms with van der Waals surface area (Å²) in [4.78, 5) is 27.5. The summed E-state index contributed by atoms with van der Waals surface area (Å²) in [6, 6.07) is 8.80. The van der Waals surface area contributed by atoms with Crippen molar-refractivity contribution in [2.75, 3.05) is 5.32 Å². The fraction of sp³-hybridized carbons (Fsp3) is 0. The molecule has 3 rings (SSSR count). The van der Waals surface area contributed by atoms with Crippen LogP contribution in [0.4, 0.5) is 10.1 Å². The SMILES string of the molecule is NC(=O)c1ccc(F)c(NC(=O)c2cnc3ccccn23)c1. The summed E-state index contributed by atoms with van der Waals surface area (Å²) in [5.41, 5.74) is 5.98. The molecule has 1 aromatic carbocycles. The highest BCUT2D eigenvalue weighted by Crippen LogP contribution is 2.17. The number of nitrogens with two attached hydrogens (primary N) is 1. The monoisotopic (exact) mass is 298 g/mol. The molecule has 0 radical (unpaired) electrons. The number of hydrogen-bond donors (Lipinski definition) is 2. The van der Waals surface area contributed by atoms with Gasteiger partial charge in [0.15, 0.2) is 0 Å².